The Labute approximate surface area is 147 Å². The molecule has 0 N–H and O–H groups in total. The number of benzene rings is 2. The molecule has 0 aliphatic carbocycles. The van der Waals surface area contributed by atoms with E-state index in [0.717, 1.165) is 17.7 Å². The first kappa shape index (κ1) is 18.3. The van der Waals surface area contributed by atoms with E-state index in [0.29, 0.717) is 5.02 Å². The normalized spacial score (nSPS) is 10.4. The first-order valence-electron chi connectivity index (χ1n) is 7.14. The van der Waals surface area contributed by atoms with Gasteiger partial charge in [0.1, 0.15) is 0 Å². The van der Waals surface area contributed by atoms with Crippen LogP contribution in [-0.2, 0) is 6.54 Å². The van der Waals surface area contributed by atoms with Crippen LogP contribution in [-0.4, -0.2) is 27.7 Å². The highest BCUT2D eigenvalue weighted by atomic mass is 35.5. The first-order valence-corrected chi connectivity index (χ1v) is 7.52. The monoisotopic (exact) mass is 363 g/mol. The average Bonchev–Trinajstić information content (AvgIpc) is 2.53. The van der Waals surface area contributed by atoms with Gasteiger partial charge in [-0.05, 0) is 24.6 Å². The summed E-state index contributed by atoms with van der Waals surface area (Å²) in [6.07, 6.45) is 0. The van der Waals surface area contributed by atoms with Crippen LogP contribution < -0.4 is 0 Å². The summed E-state index contributed by atoms with van der Waals surface area (Å²) < 4.78 is 0. The maximum atomic E-state index is 12.7. The van der Waals surface area contributed by atoms with E-state index in [1.54, 1.807) is 24.3 Å². The minimum Gasteiger partial charge on any atom is -0.337 e. The second kappa shape index (κ2) is 7.27. The highest BCUT2D eigenvalue weighted by molar-refractivity contribution is 6.30. The molecule has 0 spiro atoms. The number of halogens is 1. The minimum absolute atomic E-state index is 0.0783. The molecule has 2 aromatic carbocycles. The van der Waals surface area contributed by atoms with Crippen molar-refractivity contribution in [2.45, 2.75) is 13.5 Å². The van der Waals surface area contributed by atoms with Crippen molar-refractivity contribution in [3.63, 3.8) is 0 Å². The Hall–Kier alpha value is -3.00. The van der Waals surface area contributed by atoms with Crippen LogP contribution in [0, 0.1) is 27.2 Å². The van der Waals surface area contributed by atoms with E-state index in [1.807, 2.05) is 0 Å². The van der Waals surface area contributed by atoms with Gasteiger partial charge in [0.2, 0.25) is 0 Å². The molecule has 130 valence electrons. The van der Waals surface area contributed by atoms with Crippen molar-refractivity contribution in [2.24, 2.45) is 0 Å². The predicted octanol–water partition coefficient (Wildman–Crippen LogP) is 3.74. The van der Waals surface area contributed by atoms with Gasteiger partial charge in [-0.1, -0.05) is 23.7 Å². The van der Waals surface area contributed by atoms with Gasteiger partial charge in [-0.15, -0.1) is 0 Å². The van der Waals surface area contributed by atoms with E-state index >= 15 is 0 Å². The van der Waals surface area contributed by atoms with Gasteiger partial charge < -0.3 is 4.90 Å². The predicted molar refractivity (Wildman–Crippen MR) is 91.7 cm³/mol. The molecule has 0 unspecified atom stereocenters. The number of hydrogen-bond donors (Lipinski definition) is 0. The summed E-state index contributed by atoms with van der Waals surface area (Å²) in [5.41, 5.74) is -0.199. The third-order valence-electron chi connectivity index (χ3n) is 3.66. The van der Waals surface area contributed by atoms with Gasteiger partial charge in [0.25, 0.3) is 17.3 Å². The Morgan fingerprint density at radius 3 is 2.40 bits per heavy atom. The van der Waals surface area contributed by atoms with Crippen LogP contribution in [0.3, 0.4) is 0 Å². The zero-order valence-corrected chi connectivity index (χ0v) is 14.2. The standard InChI is InChI=1S/C16H14ClN3O5/c1-10-14(7-13(19(22)23)8-15(10)20(24)25)16(21)18(2)9-11-4-3-5-12(17)6-11/h3-8H,9H2,1-2H3. The fourth-order valence-corrected chi connectivity index (χ4v) is 2.60. The lowest BCUT2D eigenvalue weighted by molar-refractivity contribution is -0.394. The Morgan fingerprint density at radius 1 is 1.16 bits per heavy atom. The molecule has 0 bridgehead atoms. The van der Waals surface area contributed by atoms with Gasteiger partial charge in [-0.2, -0.15) is 0 Å². The number of carbonyl (C=O) groups is 1. The van der Waals surface area contributed by atoms with E-state index in [1.165, 1.54) is 18.9 Å². The quantitative estimate of drug-likeness (QED) is 0.594. The fourth-order valence-electron chi connectivity index (χ4n) is 2.39. The molecule has 2 rings (SSSR count). The molecule has 0 saturated heterocycles. The molecular formula is C16H14ClN3O5. The second-order valence-corrected chi connectivity index (χ2v) is 5.88. The van der Waals surface area contributed by atoms with Crippen LogP contribution in [0.4, 0.5) is 11.4 Å². The highest BCUT2D eigenvalue weighted by Crippen LogP contribution is 2.29. The lowest BCUT2D eigenvalue weighted by Gasteiger charge is -2.18. The maximum Gasteiger partial charge on any atom is 0.279 e. The SMILES string of the molecule is Cc1c(C(=O)N(C)Cc2cccc(Cl)c2)cc([N+](=O)[O-])cc1[N+](=O)[O-]. The van der Waals surface area contributed by atoms with Crippen LogP contribution in [0.1, 0.15) is 21.5 Å². The average molecular weight is 364 g/mol. The van der Waals surface area contributed by atoms with E-state index < -0.39 is 27.1 Å². The van der Waals surface area contributed by atoms with Gasteiger partial charge in [0.05, 0.1) is 21.5 Å². The van der Waals surface area contributed by atoms with Crippen LogP contribution in [0.5, 0.6) is 0 Å². The zero-order chi connectivity index (χ0) is 18.7. The maximum absolute atomic E-state index is 12.7. The van der Waals surface area contributed by atoms with Crippen molar-refractivity contribution in [3.05, 3.63) is 78.3 Å². The molecule has 0 heterocycles. The molecule has 2 aromatic rings. The van der Waals surface area contributed by atoms with Gasteiger partial charge >= 0.3 is 0 Å². The summed E-state index contributed by atoms with van der Waals surface area (Å²) in [4.78, 5) is 34.6. The topological polar surface area (TPSA) is 107 Å². The van der Waals surface area contributed by atoms with Gasteiger partial charge in [-0.3, -0.25) is 25.0 Å². The van der Waals surface area contributed by atoms with Crippen molar-refractivity contribution in [2.75, 3.05) is 7.05 Å². The molecule has 25 heavy (non-hydrogen) atoms. The fraction of sp³-hybridized carbons (Fsp3) is 0.188. The molecule has 8 nitrogen and oxygen atoms in total. The van der Waals surface area contributed by atoms with Gasteiger partial charge in [0.15, 0.2) is 0 Å². The van der Waals surface area contributed by atoms with Crippen molar-refractivity contribution in [1.29, 1.82) is 0 Å². The number of nitro benzene ring substituents is 2. The number of nitrogens with zero attached hydrogens (tertiary/aromatic N) is 3. The molecule has 0 aromatic heterocycles. The van der Waals surface area contributed by atoms with Crippen molar-refractivity contribution < 1.29 is 14.6 Å². The van der Waals surface area contributed by atoms with E-state index in [9.17, 15) is 25.0 Å². The summed E-state index contributed by atoms with van der Waals surface area (Å²) in [6.45, 7) is 1.59. The molecule has 1 amide bonds. The summed E-state index contributed by atoms with van der Waals surface area (Å²) in [7, 11) is 1.51. The number of hydrogen-bond acceptors (Lipinski definition) is 5. The molecule has 0 saturated carbocycles. The summed E-state index contributed by atoms with van der Waals surface area (Å²) in [6, 6.07) is 8.80. The molecule has 0 aliphatic heterocycles. The molecular weight excluding hydrogens is 350 g/mol. The molecule has 0 radical (unpaired) electrons. The summed E-state index contributed by atoms with van der Waals surface area (Å²) in [5, 5.41) is 22.6. The van der Waals surface area contributed by atoms with Crippen molar-refractivity contribution in [1.82, 2.24) is 4.90 Å². The van der Waals surface area contributed by atoms with Crippen LogP contribution in [0.2, 0.25) is 5.02 Å². The van der Waals surface area contributed by atoms with Crippen molar-refractivity contribution >= 4 is 28.9 Å². The van der Waals surface area contributed by atoms with Crippen LogP contribution in [0.15, 0.2) is 36.4 Å². The second-order valence-electron chi connectivity index (χ2n) is 5.44. The molecule has 0 aliphatic rings. The lowest BCUT2D eigenvalue weighted by Crippen LogP contribution is -2.27. The Morgan fingerprint density at radius 2 is 1.84 bits per heavy atom. The Kier molecular flexibility index (Phi) is 5.33. The summed E-state index contributed by atoms with van der Waals surface area (Å²) >= 11 is 5.91. The largest absolute Gasteiger partial charge is 0.337 e. The Balaban J connectivity index is 2.40. The number of nitro groups is 2. The number of rotatable bonds is 5. The van der Waals surface area contributed by atoms with Gasteiger partial charge in [0, 0.05) is 30.2 Å². The number of amides is 1. The molecule has 9 heteroatoms. The Bertz CT molecular complexity index is 869. The molecule has 0 fully saturated rings. The van der Waals surface area contributed by atoms with Crippen LogP contribution >= 0.6 is 11.6 Å². The van der Waals surface area contributed by atoms with Crippen molar-refractivity contribution in [3.8, 4) is 0 Å². The highest BCUT2D eigenvalue weighted by Gasteiger charge is 2.26. The summed E-state index contributed by atoms with van der Waals surface area (Å²) in [5.74, 6) is -0.552. The third-order valence-corrected chi connectivity index (χ3v) is 3.89. The van der Waals surface area contributed by atoms with Gasteiger partial charge in [-0.25, -0.2) is 0 Å². The van der Waals surface area contributed by atoms with E-state index in [4.69, 9.17) is 11.6 Å². The third kappa shape index (κ3) is 4.10. The minimum atomic E-state index is -0.764. The first-order chi connectivity index (χ1) is 11.7. The van der Waals surface area contributed by atoms with E-state index in [2.05, 4.69) is 0 Å². The number of non-ortho nitro benzene ring substituents is 1. The zero-order valence-electron chi connectivity index (χ0n) is 13.4. The van der Waals surface area contributed by atoms with Crippen LogP contribution in [0.25, 0.3) is 0 Å². The van der Waals surface area contributed by atoms with E-state index in [-0.39, 0.29) is 17.7 Å². The smallest absolute Gasteiger partial charge is 0.279 e. The number of carbonyl (C=O) groups excluding carboxylic acids is 1. The lowest BCUT2D eigenvalue weighted by atomic mass is 10.0. The molecule has 0 atom stereocenters.